The van der Waals surface area contributed by atoms with E-state index >= 15 is 0 Å². The third-order valence-electron chi connectivity index (χ3n) is 4.30. The molecule has 3 aromatic heterocycles. The summed E-state index contributed by atoms with van der Waals surface area (Å²) in [5.41, 5.74) is 0.669. The first-order chi connectivity index (χ1) is 14.7. The quantitative estimate of drug-likeness (QED) is 0.410. The van der Waals surface area contributed by atoms with Gasteiger partial charge in [-0.3, -0.25) is 9.59 Å². The first-order valence-electron chi connectivity index (χ1n) is 9.03. The maximum absolute atomic E-state index is 12.6. The summed E-state index contributed by atoms with van der Waals surface area (Å²) in [6.45, 7) is 1.66. The van der Waals surface area contributed by atoms with Gasteiger partial charge in [-0.2, -0.15) is 0 Å². The largest absolute Gasteiger partial charge is 0.465 e. The van der Waals surface area contributed by atoms with Gasteiger partial charge in [0, 0.05) is 21.1 Å². The molecule has 31 heavy (non-hydrogen) atoms. The van der Waals surface area contributed by atoms with Gasteiger partial charge in [0.15, 0.2) is 11.0 Å². The van der Waals surface area contributed by atoms with Gasteiger partial charge in [-0.25, -0.2) is 4.79 Å². The van der Waals surface area contributed by atoms with Gasteiger partial charge in [0.2, 0.25) is 5.91 Å². The molecule has 12 heteroatoms. The molecule has 0 atom stereocenters. The zero-order valence-corrected chi connectivity index (χ0v) is 20.0. The summed E-state index contributed by atoms with van der Waals surface area (Å²) in [5, 5.41) is 13.9. The van der Waals surface area contributed by atoms with Crippen LogP contribution in [-0.4, -0.2) is 64.4 Å². The van der Waals surface area contributed by atoms with Crippen molar-refractivity contribution < 1.29 is 19.1 Å². The second-order valence-corrected chi connectivity index (χ2v) is 9.54. The maximum Gasteiger partial charge on any atom is 0.341 e. The number of thioether (sulfide) groups is 1. The number of methoxy groups -OCH3 is 1. The third-order valence-corrected chi connectivity index (χ3v) is 7.38. The molecule has 0 saturated carbocycles. The molecule has 0 aromatic carbocycles. The zero-order valence-electron chi connectivity index (χ0n) is 17.6. The van der Waals surface area contributed by atoms with Crippen molar-refractivity contribution in [2.75, 3.05) is 32.3 Å². The summed E-state index contributed by atoms with van der Waals surface area (Å²) in [6.07, 6.45) is 0. The Morgan fingerprint density at radius 1 is 1.29 bits per heavy atom. The van der Waals surface area contributed by atoms with Crippen molar-refractivity contribution in [3.05, 3.63) is 33.5 Å². The summed E-state index contributed by atoms with van der Waals surface area (Å²) >= 11 is 3.85. The molecule has 0 fully saturated rings. The molecular weight excluding hydrogens is 458 g/mol. The molecule has 164 valence electrons. The van der Waals surface area contributed by atoms with E-state index in [0.717, 1.165) is 22.0 Å². The predicted octanol–water partition coefficient (Wildman–Crippen LogP) is 3.13. The van der Waals surface area contributed by atoms with E-state index in [2.05, 4.69) is 15.5 Å². The average Bonchev–Trinajstić information content (AvgIpc) is 3.45. The number of nitrogens with zero attached hydrogens (tertiary/aromatic N) is 4. The molecular formula is C19H21N5O4S3. The average molecular weight is 480 g/mol. The fourth-order valence-electron chi connectivity index (χ4n) is 2.71. The molecule has 3 aromatic rings. The Morgan fingerprint density at radius 2 is 2.03 bits per heavy atom. The normalized spacial score (nSPS) is 10.7. The van der Waals surface area contributed by atoms with Gasteiger partial charge in [-0.1, -0.05) is 17.8 Å². The van der Waals surface area contributed by atoms with Crippen LogP contribution in [0.1, 0.15) is 25.6 Å². The van der Waals surface area contributed by atoms with Crippen LogP contribution in [0.5, 0.6) is 0 Å². The monoisotopic (exact) mass is 479 g/mol. The van der Waals surface area contributed by atoms with Crippen molar-refractivity contribution >= 4 is 57.2 Å². The van der Waals surface area contributed by atoms with Crippen LogP contribution in [0.3, 0.4) is 0 Å². The number of ether oxygens (including phenoxy) is 1. The minimum Gasteiger partial charge on any atom is -0.465 e. The van der Waals surface area contributed by atoms with Crippen molar-refractivity contribution in [3.8, 4) is 10.7 Å². The molecule has 0 unspecified atom stereocenters. The SMILES string of the molecule is COC(=O)c1c(NC(=O)CSc2nnc(-c3cccs3)n2C)sc(C(=O)N(C)C)c1C. The van der Waals surface area contributed by atoms with Crippen molar-refractivity contribution in [3.63, 3.8) is 0 Å². The Kier molecular flexibility index (Phi) is 7.13. The molecule has 1 N–H and O–H groups in total. The zero-order chi connectivity index (χ0) is 22.7. The highest BCUT2D eigenvalue weighted by Gasteiger charge is 2.27. The van der Waals surface area contributed by atoms with Crippen LogP contribution < -0.4 is 5.32 Å². The maximum atomic E-state index is 12.6. The van der Waals surface area contributed by atoms with Gasteiger partial charge >= 0.3 is 5.97 Å². The van der Waals surface area contributed by atoms with E-state index in [1.54, 1.807) is 32.4 Å². The minimum absolute atomic E-state index is 0.0605. The van der Waals surface area contributed by atoms with Crippen LogP contribution in [0, 0.1) is 6.92 Å². The minimum atomic E-state index is -0.608. The van der Waals surface area contributed by atoms with E-state index < -0.39 is 5.97 Å². The molecule has 0 spiro atoms. The molecule has 9 nitrogen and oxygen atoms in total. The van der Waals surface area contributed by atoms with E-state index in [1.807, 2.05) is 29.1 Å². The van der Waals surface area contributed by atoms with Gasteiger partial charge in [-0.15, -0.1) is 32.9 Å². The van der Waals surface area contributed by atoms with Gasteiger partial charge in [0.1, 0.15) is 5.00 Å². The lowest BCUT2D eigenvalue weighted by molar-refractivity contribution is -0.113. The molecule has 3 heterocycles. The van der Waals surface area contributed by atoms with Gasteiger partial charge < -0.3 is 19.5 Å². The molecule has 0 bridgehead atoms. The van der Waals surface area contributed by atoms with Crippen LogP contribution in [0.2, 0.25) is 0 Å². The van der Waals surface area contributed by atoms with Crippen molar-refractivity contribution in [2.45, 2.75) is 12.1 Å². The number of esters is 1. The lowest BCUT2D eigenvalue weighted by Crippen LogP contribution is -2.21. The molecule has 0 radical (unpaired) electrons. The Bertz CT molecular complexity index is 1120. The Morgan fingerprint density at radius 3 is 2.65 bits per heavy atom. The number of amides is 2. The van der Waals surface area contributed by atoms with Crippen molar-refractivity contribution in [1.29, 1.82) is 0 Å². The van der Waals surface area contributed by atoms with E-state index in [1.165, 1.54) is 23.8 Å². The van der Waals surface area contributed by atoms with E-state index in [4.69, 9.17) is 4.74 Å². The highest BCUT2D eigenvalue weighted by atomic mass is 32.2. The number of carbonyl (C=O) groups is 3. The first-order valence-corrected chi connectivity index (χ1v) is 11.7. The number of aromatic nitrogens is 3. The van der Waals surface area contributed by atoms with E-state index in [0.29, 0.717) is 15.6 Å². The number of rotatable bonds is 7. The van der Waals surface area contributed by atoms with Gasteiger partial charge in [-0.05, 0) is 23.9 Å². The third kappa shape index (κ3) is 4.81. The highest BCUT2D eigenvalue weighted by molar-refractivity contribution is 7.99. The number of hydrogen-bond acceptors (Lipinski definition) is 9. The Labute approximate surface area is 191 Å². The topological polar surface area (TPSA) is 106 Å². The number of thiophene rings is 2. The number of nitrogens with one attached hydrogen (secondary N) is 1. The first kappa shape index (κ1) is 23.0. The Balaban J connectivity index is 1.75. The van der Waals surface area contributed by atoms with Gasteiger partial charge in [0.05, 0.1) is 28.2 Å². The van der Waals surface area contributed by atoms with Crippen LogP contribution >= 0.6 is 34.4 Å². The molecule has 0 aliphatic rings. The fourth-order valence-corrected chi connectivity index (χ4v) is 5.40. The van der Waals surface area contributed by atoms with E-state index in [-0.39, 0.29) is 28.1 Å². The Hall–Kier alpha value is -2.70. The smallest absolute Gasteiger partial charge is 0.341 e. The second kappa shape index (κ2) is 9.62. The standard InChI is InChI=1S/C19H21N5O4S3/c1-10-13(18(27)28-5)16(31-14(10)17(26)23(2)3)20-12(25)9-30-19-22-21-15(24(19)4)11-7-6-8-29-11/h6-8H,9H2,1-5H3,(H,20,25). The van der Waals surface area contributed by atoms with Crippen molar-refractivity contribution in [1.82, 2.24) is 19.7 Å². The predicted molar refractivity (Wildman–Crippen MR) is 122 cm³/mol. The fraction of sp³-hybridized carbons (Fsp3) is 0.316. The lowest BCUT2D eigenvalue weighted by atomic mass is 10.1. The van der Waals surface area contributed by atoms with Crippen LogP contribution in [0.25, 0.3) is 10.7 Å². The van der Waals surface area contributed by atoms with Gasteiger partial charge in [0.25, 0.3) is 5.91 Å². The lowest BCUT2D eigenvalue weighted by Gasteiger charge is -2.08. The molecule has 0 aliphatic heterocycles. The summed E-state index contributed by atoms with van der Waals surface area (Å²) in [5.74, 6) is -0.399. The molecule has 0 saturated heterocycles. The molecule has 3 rings (SSSR count). The van der Waals surface area contributed by atoms with Crippen LogP contribution in [-0.2, 0) is 16.6 Å². The number of hydrogen-bond donors (Lipinski definition) is 1. The summed E-state index contributed by atoms with van der Waals surface area (Å²) in [4.78, 5) is 40.1. The molecule has 2 amide bonds. The summed E-state index contributed by atoms with van der Waals surface area (Å²) in [7, 11) is 6.35. The van der Waals surface area contributed by atoms with Crippen LogP contribution in [0.15, 0.2) is 22.7 Å². The molecule has 0 aliphatic carbocycles. The highest BCUT2D eigenvalue weighted by Crippen LogP contribution is 2.34. The van der Waals surface area contributed by atoms with Crippen LogP contribution in [0.4, 0.5) is 5.00 Å². The van der Waals surface area contributed by atoms with Crippen molar-refractivity contribution in [2.24, 2.45) is 7.05 Å². The second-order valence-electron chi connectivity index (χ2n) is 6.63. The number of carbonyl (C=O) groups excluding carboxylic acids is 3. The van der Waals surface area contributed by atoms with E-state index in [9.17, 15) is 14.4 Å². The summed E-state index contributed by atoms with van der Waals surface area (Å²) < 4.78 is 6.67. The summed E-state index contributed by atoms with van der Waals surface area (Å²) in [6, 6.07) is 3.89. The number of anilines is 1.